The lowest BCUT2D eigenvalue weighted by atomic mass is 10.0. The molecule has 0 radical (unpaired) electrons. The highest BCUT2D eigenvalue weighted by Crippen LogP contribution is 2.35. The number of halogens is 1. The van der Waals surface area contributed by atoms with E-state index in [9.17, 15) is 0 Å². The molecule has 1 atom stereocenters. The minimum absolute atomic E-state index is 0.0548. The molecule has 1 aliphatic heterocycles. The zero-order chi connectivity index (χ0) is 9.42. The van der Waals surface area contributed by atoms with E-state index in [0.29, 0.717) is 12.3 Å². The Morgan fingerprint density at radius 3 is 3.00 bits per heavy atom. The molecular weight excluding hydrogens is 232 g/mol. The molecule has 0 fully saturated rings. The molecule has 1 aromatic carbocycles. The lowest BCUT2D eigenvalue weighted by molar-refractivity contribution is 0.269. The van der Waals surface area contributed by atoms with Crippen LogP contribution in [0.1, 0.15) is 18.0 Å². The molecule has 3 nitrogen and oxygen atoms in total. The average molecular weight is 243 g/mol. The van der Waals surface area contributed by atoms with Crippen molar-refractivity contribution in [2.45, 2.75) is 12.5 Å². The maximum absolute atomic E-state index is 5.91. The van der Waals surface area contributed by atoms with E-state index in [0.717, 1.165) is 22.2 Å². The van der Waals surface area contributed by atoms with Gasteiger partial charge in [-0.15, -0.1) is 0 Å². The standard InChI is InChI=1S/C9H11BrN2O/c10-6-4-9-5(3-8(6)12)7(11)1-2-13-9/h3-4,7H,1-2,11-12H2. The van der Waals surface area contributed by atoms with Crippen LogP contribution in [0, 0.1) is 0 Å². The maximum atomic E-state index is 5.91. The van der Waals surface area contributed by atoms with Gasteiger partial charge in [0.25, 0.3) is 0 Å². The average Bonchev–Trinajstić information content (AvgIpc) is 2.09. The zero-order valence-corrected chi connectivity index (χ0v) is 8.67. The van der Waals surface area contributed by atoms with Gasteiger partial charge in [-0.05, 0) is 28.1 Å². The minimum Gasteiger partial charge on any atom is -0.493 e. The van der Waals surface area contributed by atoms with Gasteiger partial charge < -0.3 is 16.2 Å². The highest BCUT2D eigenvalue weighted by atomic mass is 79.9. The van der Waals surface area contributed by atoms with Crippen LogP contribution in [0.15, 0.2) is 16.6 Å². The van der Waals surface area contributed by atoms with Crippen molar-refractivity contribution in [2.75, 3.05) is 12.3 Å². The third-order valence-electron chi connectivity index (χ3n) is 2.22. The summed E-state index contributed by atoms with van der Waals surface area (Å²) in [5, 5.41) is 0. The summed E-state index contributed by atoms with van der Waals surface area (Å²) in [5.41, 5.74) is 13.4. The van der Waals surface area contributed by atoms with Gasteiger partial charge in [0.2, 0.25) is 0 Å². The van der Waals surface area contributed by atoms with E-state index in [4.69, 9.17) is 16.2 Å². The van der Waals surface area contributed by atoms with Crippen LogP contribution in [0.5, 0.6) is 5.75 Å². The monoisotopic (exact) mass is 242 g/mol. The molecule has 2 rings (SSSR count). The normalized spacial score (nSPS) is 20.6. The van der Waals surface area contributed by atoms with Gasteiger partial charge in [-0.2, -0.15) is 0 Å². The second-order valence-corrected chi connectivity index (χ2v) is 4.01. The predicted molar refractivity (Wildman–Crippen MR) is 55.6 cm³/mol. The first kappa shape index (κ1) is 8.84. The van der Waals surface area contributed by atoms with Gasteiger partial charge in [0.1, 0.15) is 5.75 Å². The number of ether oxygens (including phenoxy) is 1. The quantitative estimate of drug-likeness (QED) is 0.683. The van der Waals surface area contributed by atoms with E-state index < -0.39 is 0 Å². The van der Waals surface area contributed by atoms with Crippen LogP contribution in [0.2, 0.25) is 0 Å². The summed E-state index contributed by atoms with van der Waals surface area (Å²) >= 11 is 3.35. The first-order valence-electron chi connectivity index (χ1n) is 4.16. The van der Waals surface area contributed by atoms with Crippen molar-refractivity contribution in [1.82, 2.24) is 0 Å². The summed E-state index contributed by atoms with van der Waals surface area (Å²) in [5.74, 6) is 0.847. The van der Waals surface area contributed by atoms with E-state index in [1.165, 1.54) is 0 Å². The van der Waals surface area contributed by atoms with Crippen molar-refractivity contribution in [3.05, 3.63) is 22.2 Å². The molecule has 4 N–H and O–H groups in total. The fourth-order valence-corrected chi connectivity index (χ4v) is 1.78. The van der Waals surface area contributed by atoms with Crippen LogP contribution in [0.3, 0.4) is 0 Å². The number of fused-ring (bicyclic) bond motifs is 1. The molecule has 0 saturated heterocycles. The summed E-state index contributed by atoms with van der Waals surface area (Å²) < 4.78 is 6.33. The molecule has 70 valence electrons. The summed E-state index contributed by atoms with van der Waals surface area (Å²) in [6.45, 7) is 0.685. The number of benzene rings is 1. The molecule has 1 aromatic rings. The molecule has 1 heterocycles. The highest BCUT2D eigenvalue weighted by molar-refractivity contribution is 9.10. The first-order chi connectivity index (χ1) is 6.18. The minimum atomic E-state index is 0.0548. The van der Waals surface area contributed by atoms with Crippen molar-refractivity contribution in [3.8, 4) is 5.75 Å². The van der Waals surface area contributed by atoms with E-state index in [1.54, 1.807) is 0 Å². The smallest absolute Gasteiger partial charge is 0.125 e. The maximum Gasteiger partial charge on any atom is 0.125 e. The topological polar surface area (TPSA) is 61.3 Å². The van der Waals surface area contributed by atoms with Crippen LogP contribution >= 0.6 is 15.9 Å². The van der Waals surface area contributed by atoms with Crippen LogP contribution in [0.4, 0.5) is 5.69 Å². The van der Waals surface area contributed by atoms with Crippen LogP contribution in [-0.2, 0) is 0 Å². The molecule has 0 amide bonds. The SMILES string of the molecule is Nc1cc2c(cc1Br)OCCC2N. The fraction of sp³-hybridized carbons (Fsp3) is 0.333. The molecular formula is C9H11BrN2O. The molecule has 0 bridgehead atoms. The van der Waals surface area contributed by atoms with Crippen LogP contribution < -0.4 is 16.2 Å². The van der Waals surface area contributed by atoms with Gasteiger partial charge in [-0.3, -0.25) is 0 Å². The van der Waals surface area contributed by atoms with E-state index >= 15 is 0 Å². The van der Waals surface area contributed by atoms with E-state index in [-0.39, 0.29) is 6.04 Å². The summed E-state index contributed by atoms with van der Waals surface area (Å²) in [4.78, 5) is 0. The van der Waals surface area contributed by atoms with Crippen molar-refractivity contribution in [1.29, 1.82) is 0 Å². The number of nitrogen functional groups attached to an aromatic ring is 1. The molecule has 0 aliphatic carbocycles. The van der Waals surface area contributed by atoms with E-state index in [1.807, 2.05) is 12.1 Å². The summed E-state index contributed by atoms with van der Waals surface area (Å²) in [6, 6.07) is 3.81. The molecule has 1 aliphatic rings. The van der Waals surface area contributed by atoms with Crippen LogP contribution in [-0.4, -0.2) is 6.61 Å². The Kier molecular flexibility index (Phi) is 2.17. The molecule has 0 spiro atoms. The number of hydrogen-bond donors (Lipinski definition) is 2. The first-order valence-corrected chi connectivity index (χ1v) is 4.95. The highest BCUT2D eigenvalue weighted by Gasteiger charge is 2.19. The lowest BCUT2D eigenvalue weighted by Gasteiger charge is -2.23. The molecule has 0 aromatic heterocycles. The van der Waals surface area contributed by atoms with Crippen molar-refractivity contribution in [3.63, 3.8) is 0 Å². The largest absolute Gasteiger partial charge is 0.493 e. The Morgan fingerprint density at radius 1 is 1.46 bits per heavy atom. The molecule has 13 heavy (non-hydrogen) atoms. The van der Waals surface area contributed by atoms with Crippen molar-refractivity contribution < 1.29 is 4.74 Å². The summed E-state index contributed by atoms with van der Waals surface area (Å²) in [6.07, 6.45) is 0.855. The van der Waals surface area contributed by atoms with E-state index in [2.05, 4.69) is 15.9 Å². The third kappa shape index (κ3) is 1.51. The fourth-order valence-electron chi connectivity index (χ4n) is 1.46. The second-order valence-electron chi connectivity index (χ2n) is 3.16. The van der Waals surface area contributed by atoms with Crippen LogP contribution in [0.25, 0.3) is 0 Å². The molecule has 4 heteroatoms. The number of nitrogens with two attached hydrogens (primary N) is 2. The van der Waals surface area contributed by atoms with Gasteiger partial charge in [0.05, 0.1) is 6.61 Å². The number of rotatable bonds is 0. The Labute approximate surface area is 85.2 Å². The third-order valence-corrected chi connectivity index (χ3v) is 2.90. The van der Waals surface area contributed by atoms with Gasteiger partial charge in [0, 0.05) is 28.2 Å². The second kappa shape index (κ2) is 3.20. The Morgan fingerprint density at radius 2 is 2.23 bits per heavy atom. The van der Waals surface area contributed by atoms with Gasteiger partial charge in [0.15, 0.2) is 0 Å². The Hall–Kier alpha value is -0.740. The predicted octanol–water partition coefficient (Wildman–Crippen LogP) is 1.81. The number of anilines is 1. The van der Waals surface area contributed by atoms with Crippen molar-refractivity contribution in [2.24, 2.45) is 5.73 Å². The van der Waals surface area contributed by atoms with Gasteiger partial charge in [-0.25, -0.2) is 0 Å². The number of hydrogen-bond acceptors (Lipinski definition) is 3. The molecule has 1 unspecified atom stereocenters. The molecule has 0 saturated carbocycles. The summed E-state index contributed by atoms with van der Waals surface area (Å²) in [7, 11) is 0. The van der Waals surface area contributed by atoms with Crippen molar-refractivity contribution >= 4 is 21.6 Å². The van der Waals surface area contributed by atoms with Gasteiger partial charge in [-0.1, -0.05) is 0 Å². The van der Waals surface area contributed by atoms with Gasteiger partial charge >= 0.3 is 0 Å². The zero-order valence-electron chi connectivity index (χ0n) is 7.09. The lowest BCUT2D eigenvalue weighted by Crippen LogP contribution is -2.20. The Balaban J connectivity index is 2.52. The Bertz CT molecular complexity index is 341.